The van der Waals surface area contributed by atoms with Crippen molar-refractivity contribution in [2.24, 2.45) is 5.92 Å². The van der Waals surface area contributed by atoms with Crippen LogP contribution in [0.3, 0.4) is 0 Å². The van der Waals surface area contributed by atoms with Crippen molar-refractivity contribution in [3.05, 3.63) is 24.0 Å². The number of nitrogen functional groups attached to an aromatic ring is 1. The molecule has 1 aliphatic heterocycles. The summed E-state index contributed by atoms with van der Waals surface area (Å²) in [7, 11) is 0. The molecule has 0 bridgehead atoms. The van der Waals surface area contributed by atoms with Crippen LogP contribution in [0, 0.1) is 5.92 Å². The van der Waals surface area contributed by atoms with E-state index < -0.39 is 0 Å². The number of aromatic nitrogens is 1. The number of hydrogen-bond donors (Lipinski definition) is 1. The highest BCUT2D eigenvalue weighted by Gasteiger charge is 2.18. The molecule has 2 heterocycles. The highest BCUT2D eigenvalue weighted by Crippen LogP contribution is 2.20. The van der Waals surface area contributed by atoms with Gasteiger partial charge in [-0.05, 0) is 37.4 Å². The van der Waals surface area contributed by atoms with Crippen LogP contribution in [0.25, 0.3) is 0 Å². The second-order valence-electron chi connectivity index (χ2n) is 4.73. The Kier molecular flexibility index (Phi) is 3.78. The van der Waals surface area contributed by atoms with E-state index >= 15 is 0 Å². The Morgan fingerprint density at radius 1 is 1.50 bits per heavy atom. The lowest BCUT2D eigenvalue weighted by atomic mass is 9.95. The molecule has 2 N–H and O–H groups in total. The normalized spacial score (nSPS) is 22.2. The van der Waals surface area contributed by atoms with Crippen LogP contribution in [0.2, 0.25) is 0 Å². The number of rotatable bonds is 3. The molecule has 0 aromatic carbocycles. The molecule has 88 valence electrons. The smallest absolute Gasteiger partial charge is 0.0545 e. The molecule has 0 amide bonds. The average molecular weight is 219 g/mol. The maximum atomic E-state index is 5.63. The van der Waals surface area contributed by atoms with E-state index in [0.717, 1.165) is 23.8 Å². The van der Waals surface area contributed by atoms with Gasteiger partial charge in [-0.1, -0.05) is 13.3 Å². The highest BCUT2D eigenvalue weighted by molar-refractivity contribution is 5.34. The fourth-order valence-electron chi connectivity index (χ4n) is 2.39. The van der Waals surface area contributed by atoms with Crippen LogP contribution in [0.1, 0.15) is 31.9 Å². The monoisotopic (exact) mass is 219 g/mol. The largest absolute Gasteiger partial charge is 0.397 e. The summed E-state index contributed by atoms with van der Waals surface area (Å²) in [6, 6.07) is 3.97. The summed E-state index contributed by atoms with van der Waals surface area (Å²) < 4.78 is 0. The van der Waals surface area contributed by atoms with E-state index in [9.17, 15) is 0 Å². The molecule has 1 fully saturated rings. The Hall–Kier alpha value is -1.09. The molecule has 1 saturated heterocycles. The summed E-state index contributed by atoms with van der Waals surface area (Å²) in [5, 5.41) is 0. The minimum Gasteiger partial charge on any atom is -0.397 e. The van der Waals surface area contributed by atoms with Crippen molar-refractivity contribution < 1.29 is 0 Å². The first-order chi connectivity index (χ1) is 7.78. The molecule has 1 unspecified atom stereocenters. The zero-order valence-electron chi connectivity index (χ0n) is 10.0. The van der Waals surface area contributed by atoms with E-state index in [4.69, 9.17) is 5.73 Å². The van der Waals surface area contributed by atoms with Gasteiger partial charge in [0.1, 0.15) is 0 Å². The molecule has 1 aromatic heterocycles. The first-order valence-corrected chi connectivity index (χ1v) is 6.20. The van der Waals surface area contributed by atoms with Gasteiger partial charge in [-0.15, -0.1) is 0 Å². The van der Waals surface area contributed by atoms with Gasteiger partial charge >= 0.3 is 0 Å². The SMILES string of the molecule is CCC1CCCN(Cc2ccc(N)cn2)C1. The molecule has 0 spiro atoms. The third-order valence-corrected chi connectivity index (χ3v) is 3.41. The van der Waals surface area contributed by atoms with Gasteiger partial charge in [0.15, 0.2) is 0 Å². The first-order valence-electron chi connectivity index (χ1n) is 6.20. The molecule has 2 rings (SSSR count). The number of anilines is 1. The van der Waals surface area contributed by atoms with E-state index in [1.54, 1.807) is 6.20 Å². The quantitative estimate of drug-likeness (QED) is 0.848. The van der Waals surface area contributed by atoms with Crippen LogP contribution in [0.15, 0.2) is 18.3 Å². The van der Waals surface area contributed by atoms with E-state index in [1.807, 2.05) is 12.1 Å². The van der Waals surface area contributed by atoms with Crippen molar-refractivity contribution in [2.75, 3.05) is 18.8 Å². The third-order valence-electron chi connectivity index (χ3n) is 3.41. The summed E-state index contributed by atoms with van der Waals surface area (Å²) in [6.07, 6.45) is 5.76. The van der Waals surface area contributed by atoms with Crippen molar-refractivity contribution in [2.45, 2.75) is 32.7 Å². The second-order valence-corrected chi connectivity index (χ2v) is 4.73. The van der Waals surface area contributed by atoms with Crippen molar-refractivity contribution in [3.8, 4) is 0 Å². The molecule has 1 aromatic rings. The molecule has 16 heavy (non-hydrogen) atoms. The predicted molar refractivity (Wildman–Crippen MR) is 66.9 cm³/mol. The molecule has 1 aliphatic rings. The molecular weight excluding hydrogens is 198 g/mol. The Morgan fingerprint density at radius 3 is 3.06 bits per heavy atom. The second kappa shape index (κ2) is 5.30. The van der Waals surface area contributed by atoms with E-state index in [0.29, 0.717) is 0 Å². The van der Waals surface area contributed by atoms with Crippen molar-refractivity contribution in [1.29, 1.82) is 0 Å². The van der Waals surface area contributed by atoms with Crippen LogP contribution in [-0.2, 0) is 6.54 Å². The first kappa shape index (κ1) is 11.4. The number of nitrogens with two attached hydrogens (primary N) is 1. The van der Waals surface area contributed by atoms with Gasteiger partial charge in [0.05, 0.1) is 17.6 Å². The summed E-state index contributed by atoms with van der Waals surface area (Å²) in [6.45, 7) is 5.69. The standard InChI is InChI=1S/C13H21N3/c1-2-11-4-3-7-16(9-11)10-13-6-5-12(14)8-15-13/h5-6,8,11H,2-4,7,9-10,14H2,1H3. The van der Waals surface area contributed by atoms with Gasteiger partial charge < -0.3 is 5.73 Å². The molecule has 1 atom stereocenters. The maximum Gasteiger partial charge on any atom is 0.0545 e. The number of nitrogens with zero attached hydrogens (tertiary/aromatic N) is 2. The Balaban J connectivity index is 1.91. The van der Waals surface area contributed by atoms with Crippen LogP contribution >= 0.6 is 0 Å². The number of likely N-dealkylation sites (tertiary alicyclic amines) is 1. The number of pyridine rings is 1. The topological polar surface area (TPSA) is 42.1 Å². The molecule has 0 aliphatic carbocycles. The number of piperidine rings is 1. The minimum absolute atomic E-state index is 0.744. The van der Waals surface area contributed by atoms with Gasteiger partial charge in [-0.25, -0.2) is 0 Å². The summed E-state index contributed by atoms with van der Waals surface area (Å²) in [5.74, 6) is 0.877. The molecule has 0 radical (unpaired) electrons. The molecule has 3 heteroatoms. The van der Waals surface area contributed by atoms with Crippen molar-refractivity contribution in [1.82, 2.24) is 9.88 Å². The van der Waals surface area contributed by atoms with E-state index in [1.165, 1.54) is 32.4 Å². The van der Waals surface area contributed by atoms with Crippen LogP contribution in [0.5, 0.6) is 0 Å². The van der Waals surface area contributed by atoms with Crippen LogP contribution < -0.4 is 5.73 Å². The lowest BCUT2D eigenvalue weighted by Gasteiger charge is -2.31. The fourth-order valence-corrected chi connectivity index (χ4v) is 2.39. The van der Waals surface area contributed by atoms with Gasteiger partial charge in [-0.2, -0.15) is 0 Å². The highest BCUT2D eigenvalue weighted by atomic mass is 15.1. The van der Waals surface area contributed by atoms with Gasteiger partial charge in [0.25, 0.3) is 0 Å². The zero-order valence-corrected chi connectivity index (χ0v) is 10.0. The van der Waals surface area contributed by atoms with Gasteiger partial charge in [-0.3, -0.25) is 9.88 Å². The molecular formula is C13H21N3. The van der Waals surface area contributed by atoms with Crippen molar-refractivity contribution in [3.63, 3.8) is 0 Å². The Morgan fingerprint density at radius 2 is 2.38 bits per heavy atom. The van der Waals surface area contributed by atoms with E-state index in [-0.39, 0.29) is 0 Å². The summed E-state index contributed by atoms with van der Waals surface area (Å²) in [4.78, 5) is 6.87. The van der Waals surface area contributed by atoms with Crippen LogP contribution in [0.4, 0.5) is 5.69 Å². The maximum absolute atomic E-state index is 5.63. The lowest BCUT2D eigenvalue weighted by Crippen LogP contribution is -2.34. The fraction of sp³-hybridized carbons (Fsp3) is 0.615. The zero-order chi connectivity index (χ0) is 11.4. The predicted octanol–water partition coefficient (Wildman–Crippen LogP) is 2.29. The Labute approximate surface area is 97.7 Å². The third kappa shape index (κ3) is 2.95. The van der Waals surface area contributed by atoms with Crippen LogP contribution in [-0.4, -0.2) is 23.0 Å². The van der Waals surface area contributed by atoms with E-state index in [2.05, 4.69) is 16.8 Å². The Bertz CT molecular complexity index is 320. The lowest BCUT2D eigenvalue weighted by molar-refractivity contribution is 0.163. The summed E-state index contributed by atoms with van der Waals surface area (Å²) >= 11 is 0. The van der Waals surface area contributed by atoms with Gasteiger partial charge in [0.2, 0.25) is 0 Å². The van der Waals surface area contributed by atoms with Crippen molar-refractivity contribution >= 4 is 5.69 Å². The summed E-state index contributed by atoms with van der Waals surface area (Å²) in [5.41, 5.74) is 7.50. The minimum atomic E-state index is 0.744. The molecule has 0 saturated carbocycles. The average Bonchev–Trinajstić information content (AvgIpc) is 2.32. The van der Waals surface area contributed by atoms with Gasteiger partial charge in [0, 0.05) is 13.1 Å². The molecule has 3 nitrogen and oxygen atoms in total. The number of hydrogen-bond acceptors (Lipinski definition) is 3.